The first kappa shape index (κ1) is 12.4. The van der Waals surface area contributed by atoms with Crippen molar-refractivity contribution in [1.82, 2.24) is 15.0 Å². The highest BCUT2D eigenvalue weighted by Crippen LogP contribution is 2.59. The van der Waals surface area contributed by atoms with Gasteiger partial charge in [-0.3, -0.25) is 0 Å². The third-order valence-corrected chi connectivity index (χ3v) is 4.21. The van der Waals surface area contributed by atoms with Gasteiger partial charge in [0.15, 0.2) is 5.82 Å². The molecule has 21 heavy (non-hydrogen) atoms. The zero-order chi connectivity index (χ0) is 14.6. The van der Waals surface area contributed by atoms with Crippen molar-refractivity contribution in [3.8, 4) is 11.4 Å². The number of alkyl halides is 2. The van der Waals surface area contributed by atoms with Crippen LogP contribution < -0.4 is 10.6 Å². The van der Waals surface area contributed by atoms with Crippen LogP contribution in [0.15, 0.2) is 30.6 Å². The van der Waals surface area contributed by atoms with Crippen LogP contribution in [0.4, 0.5) is 20.4 Å². The van der Waals surface area contributed by atoms with Crippen molar-refractivity contribution in [2.45, 2.75) is 5.92 Å². The molecule has 2 atom stereocenters. The molecule has 4 rings (SSSR count). The van der Waals surface area contributed by atoms with E-state index in [0.717, 1.165) is 5.56 Å². The molecule has 2 aromatic heterocycles. The summed E-state index contributed by atoms with van der Waals surface area (Å²) in [6.45, 7) is 0.748. The van der Waals surface area contributed by atoms with Crippen LogP contribution in [0.1, 0.15) is 0 Å². The quantitative estimate of drug-likeness (QED) is 0.913. The first-order valence-electron chi connectivity index (χ1n) is 6.73. The van der Waals surface area contributed by atoms with E-state index >= 15 is 0 Å². The Kier molecular flexibility index (Phi) is 2.42. The number of anilines is 2. The highest BCUT2D eigenvalue weighted by Gasteiger charge is 2.71. The van der Waals surface area contributed by atoms with Gasteiger partial charge in [0.2, 0.25) is 0 Å². The maximum absolute atomic E-state index is 13.2. The van der Waals surface area contributed by atoms with Crippen LogP contribution in [0.3, 0.4) is 0 Å². The molecule has 5 nitrogen and oxygen atoms in total. The first-order valence-corrected chi connectivity index (χ1v) is 6.73. The van der Waals surface area contributed by atoms with Crippen LogP contribution in [0.25, 0.3) is 11.4 Å². The van der Waals surface area contributed by atoms with E-state index in [2.05, 4.69) is 15.0 Å². The number of hydrogen-bond donors (Lipinski definition) is 1. The lowest BCUT2D eigenvalue weighted by molar-refractivity contribution is 0.0797. The lowest BCUT2D eigenvalue weighted by Crippen LogP contribution is -2.27. The monoisotopic (exact) mass is 289 g/mol. The van der Waals surface area contributed by atoms with Crippen molar-refractivity contribution in [2.75, 3.05) is 23.7 Å². The number of piperidine rings is 1. The van der Waals surface area contributed by atoms with Crippen LogP contribution in [-0.2, 0) is 0 Å². The lowest BCUT2D eigenvalue weighted by atomic mass is 10.2. The van der Waals surface area contributed by atoms with E-state index in [0.29, 0.717) is 30.5 Å². The second kappa shape index (κ2) is 4.09. The average Bonchev–Trinajstić information content (AvgIpc) is 2.86. The Balaban J connectivity index is 1.53. The number of hydrogen-bond acceptors (Lipinski definition) is 5. The Morgan fingerprint density at radius 2 is 1.90 bits per heavy atom. The number of nitrogens with zero attached hydrogens (tertiary/aromatic N) is 4. The van der Waals surface area contributed by atoms with Gasteiger partial charge in [-0.1, -0.05) is 0 Å². The number of nitrogens with two attached hydrogens (primary N) is 1. The molecule has 1 aliphatic heterocycles. The Hall–Kier alpha value is -2.31. The Morgan fingerprint density at radius 1 is 1.14 bits per heavy atom. The molecule has 1 saturated carbocycles. The molecule has 3 heterocycles. The number of nitrogen functional groups attached to an aromatic ring is 1. The van der Waals surface area contributed by atoms with E-state index in [4.69, 9.17) is 5.73 Å². The summed E-state index contributed by atoms with van der Waals surface area (Å²) in [6.07, 6.45) is 3.23. The van der Waals surface area contributed by atoms with Crippen molar-refractivity contribution in [3.63, 3.8) is 0 Å². The fourth-order valence-electron chi connectivity index (χ4n) is 2.91. The molecular formula is C14H13F2N5. The molecule has 2 fully saturated rings. The maximum atomic E-state index is 13.2. The number of halogens is 2. The third-order valence-electron chi connectivity index (χ3n) is 4.21. The van der Waals surface area contributed by atoms with E-state index in [1.807, 2.05) is 17.0 Å². The molecule has 0 spiro atoms. The topological polar surface area (TPSA) is 67.9 Å². The van der Waals surface area contributed by atoms with Gasteiger partial charge in [-0.15, -0.1) is 0 Å². The molecule has 0 bridgehead atoms. The average molecular weight is 289 g/mol. The fraction of sp³-hybridized carbons (Fsp3) is 0.357. The van der Waals surface area contributed by atoms with Gasteiger partial charge >= 0.3 is 0 Å². The largest absolute Gasteiger partial charge is 0.384 e. The highest BCUT2D eigenvalue weighted by atomic mass is 19.3. The van der Waals surface area contributed by atoms with Crippen LogP contribution >= 0.6 is 0 Å². The molecule has 1 aliphatic carbocycles. The van der Waals surface area contributed by atoms with Crippen LogP contribution in [-0.4, -0.2) is 34.0 Å². The molecule has 1 saturated heterocycles. The van der Waals surface area contributed by atoms with Gasteiger partial charge in [-0.2, -0.15) is 0 Å². The molecule has 0 aromatic carbocycles. The summed E-state index contributed by atoms with van der Waals surface area (Å²) in [4.78, 5) is 14.5. The van der Waals surface area contributed by atoms with Crippen LogP contribution in [0.5, 0.6) is 0 Å². The molecular weight excluding hydrogens is 276 g/mol. The van der Waals surface area contributed by atoms with Crippen molar-refractivity contribution in [3.05, 3.63) is 30.6 Å². The predicted octanol–water partition coefficient (Wildman–Crippen LogP) is 1.82. The minimum absolute atomic E-state index is 0.374. The van der Waals surface area contributed by atoms with E-state index in [9.17, 15) is 8.78 Å². The molecule has 108 valence electrons. The minimum Gasteiger partial charge on any atom is -0.384 e. The van der Waals surface area contributed by atoms with Crippen LogP contribution in [0.2, 0.25) is 0 Å². The Bertz CT molecular complexity index is 674. The Morgan fingerprint density at radius 3 is 2.52 bits per heavy atom. The summed E-state index contributed by atoms with van der Waals surface area (Å²) in [5.41, 5.74) is 6.37. The second-order valence-corrected chi connectivity index (χ2v) is 5.50. The highest BCUT2D eigenvalue weighted by molar-refractivity contribution is 5.58. The van der Waals surface area contributed by atoms with E-state index in [-0.39, 0.29) is 0 Å². The summed E-state index contributed by atoms with van der Waals surface area (Å²) < 4.78 is 26.4. The predicted molar refractivity (Wildman–Crippen MR) is 73.8 cm³/mol. The van der Waals surface area contributed by atoms with Gasteiger partial charge in [-0.05, 0) is 18.2 Å². The smallest absolute Gasteiger partial charge is 0.258 e. The number of pyridine rings is 1. The SMILES string of the molecule is Nc1ccnc(-c2ccc(N3CC4[C@H](C3)C4(F)F)nc2)n1. The van der Waals surface area contributed by atoms with Crippen molar-refractivity contribution < 1.29 is 8.78 Å². The van der Waals surface area contributed by atoms with Crippen molar-refractivity contribution in [2.24, 2.45) is 11.8 Å². The number of fused-ring (bicyclic) bond motifs is 1. The van der Waals surface area contributed by atoms with Gasteiger partial charge in [0, 0.05) is 31.0 Å². The summed E-state index contributed by atoms with van der Waals surface area (Å²) >= 11 is 0. The summed E-state index contributed by atoms with van der Waals surface area (Å²) in [7, 11) is 0. The van der Waals surface area contributed by atoms with Crippen molar-refractivity contribution >= 4 is 11.6 Å². The van der Waals surface area contributed by atoms with Gasteiger partial charge < -0.3 is 10.6 Å². The second-order valence-electron chi connectivity index (χ2n) is 5.50. The normalized spacial score (nSPS) is 25.7. The fourth-order valence-corrected chi connectivity index (χ4v) is 2.91. The summed E-state index contributed by atoms with van der Waals surface area (Å²) in [5.74, 6) is -1.86. The first-order chi connectivity index (χ1) is 10.1. The standard InChI is InChI=1S/C14H13F2N5/c15-14(16)9-6-21(7-10(9)14)12-2-1-8(5-19-12)13-18-4-3-11(17)20-13/h1-5,9-10H,6-7H2,(H2,17,18,20)/t9-,10?/m0/s1. The minimum atomic E-state index is -2.47. The molecule has 0 amide bonds. The number of aromatic nitrogens is 3. The molecule has 7 heteroatoms. The molecule has 2 N–H and O–H groups in total. The van der Waals surface area contributed by atoms with Crippen LogP contribution in [0, 0.1) is 11.8 Å². The zero-order valence-electron chi connectivity index (χ0n) is 11.1. The van der Waals surface area contributed by atoms with E-state index in [1.54, 1.807) is 18.5 Å². The third kappa shape index (κ3) is 1.91. The Labute approximate surface area is 119 Å². The molecule has 2 aromatic rings. The lowest BCUT2D eigenvalue weighted by Gasteiger charge is -2.20. The molecule has 2 aliphatic rings. The van der Waals surface area contributed by atoms with Gasteiger partial charge in [0.25, 0.3) is 5.92 Å². The van der Waals surface area contributed by atoms with E-state index < -0.39 is 17.8 Å². The molecule has 1 unspecified atom stereocenters. The maximum Gasteiger partial charge on any atom is 0.258 e. The van der Waals surface area contributed by atoms with E-state index in [1.165, 1.54) is 0 Å². The van der Waals surface area contributed by atoms with Gasteiger partial charge in [0.05, 0.1) is 11.8 Å². The van der Waals surface area contributed by atoms with Crippen molar-refractivity contribution in [1.29, 1.82) is 0 Å². The molecule has 0 radical (unpaired) electrons. The summed E-state index contributed by atoms with van der Waals surface area (Å²) in [5, 5.41) is 0. The van der Waals surface area contributed by atoms with Gasteiger partial charge in [-0.25, -0.2) is 23.7 Å². The zero-order valence-corrected chi connectivity index (χ0v) is 11.1. The van der Waals surface area contributed by atoms with Gasteiger partial charge in [0.1, 0.15) is 11.6 Å². The summed E-state index contributed by atoms with van der Waals surface area (Å²) in [6, 6.07) is 5.26. The number of rotatable bonds is 2.